The van der Waals surface area contributed by atoms with Gasteiger partial charge in [0.05, 0.1) is 24.1 Å². The van der Waals surface area contributed by atoms with Crippen LogP contribution >= 0.6 is 0 Å². The van der Waals surface area contributed by atoms with E-state index in [2.05, 4.69) is 10.6 Å². The summed E-state index contributed by atoms with van der Waals surface area (Å²) in [6, 6.07) is 13.2. The molecule has 1 aliphatic carbocycles. The smallest absolute Gasteiger partial charge is 0.326 e. The number of carboxylic acids is 1. The Morgan fingerprint density at radius 3 is 2.36 bits per heavy atom. The van der Waals surface area contributed by atoms with Crippen LogP contribution in [0.25, 0.3) is 0 Å². The van der Waals surface area contributed by atoms with Gasteiger partial charge in [-0.1, -0.05) is 37.1 Å². The fourth-order valence-corrected chi connectivity index (χ4v) is 5.96. The molecule has 2 unspecified atom stereocenters. The molecule has 0 radical (unpaired) electrons. The third kappa shape index (κ3) is 5.26. The van der Waals surface area contributed by atoms with E-state index in [1.54, 1.807) is 37.6 Å². The SMILES string of the molecule is COc1ccc(CC2(C(=O)NC(Cc3ccc(N4C(=O)C5=CNCCC5C4=O)cc3)C(=O)O)CCCC2)cc1. The van der Waals surface area contributed by atoms with Crippen LogP contribution in [-0.2, 0) is 32.0 Å². The maximum atomic E-state index is 13.5. The molecule has 3 amide bonds. The zero-order valence-electron chi connectivity index (χ0n) is 21.9. The lowest BCUT2D eigenvalue weighted by Gasteiger charge is -2.30. The Bertz CT molecular complexity index is 1290. The minimum Gasteiger partial charge on any atom is -0.497 e. The minimum atomic E-state index is -1.11. The lowest BCUT2D eigenvalue weighted by atomic mass is 9.78. The molecule has 3 N–H and O–H groups in total. The Morgan fingerprint density at radius 1 is 1.08 bits per heavy atom. The van der Waals surface area contributed by atoms with Gasteiger partial charge in [-0.15, -0.1) is 0 Å². The molecule has 2 aliphatic heterocycles. The van der Waals surface area contributed by atoms with Crippen molar-refractivity contribution < 1.29 is 29.0 Å². The predicted molar refractivity (Wildman–Crippen MR) is 144 cm³/mol. The third-order valence-electron chi connectivity index (χ3n) is 8.16. The number of nitrogens with zero attached hydrogens (tertiary/aromatic N) is 1. The lowest BCUT2D eigenvalue weighted by Crippen LogP contribution is -2.49. The standard InChI is InChI=1S/C30H33N3O6/c1-39-22-10-6-20(7-11-22)17-30(13-2-3-14-30)29(38)32-25(28(36)37)16-19-4-8-21(9-5-19)33-26(34)23-12-15-31-18-24(23)27(33)35/h4-11,18,23,25,31H,2-3,12-17H2,1H3,(H,32,38)(H,36,37). The van der Waals surface area contributed by atoms with Gasteiger partial charge in [-0.25, -0.2) is 9.69 Å². The van der Waals surface area contributed by atoms with Crippen LogP contribution in [0.5, 0.6) is 5.75 Å². The first-order valence-corrected chi connectivity index (χ1v) is 13.4. The number of methoxy groups -OCH3 is 1. The van der Waals surface area contributed by atoms with E-state index in [0.717, 1.165) is 24.2 Å². The van der Waals surface area contributed by atoms with Gasteiger partial charge >= 0.3 is 5.97 Å². The topological polar surface area (TPSA) is 125 Å². The largest absolute Gasteiger partial charge is 0.497 e. The molecule has 2 atom stereocenters. The molecule has 0 aromatic heterocycles. The van der Waals surface area contributed by atoms with E-state index in [9.17, 15) is 24.3 Å². The number of nitrogens with one attached hydrogen (secondary N) is 2. The summed E-state index contributed by atoms with van der Waals surface area (Å²) < 4.78 is 5.23. The third-order valence-corrected chi connectivity index (χ3v) is 8.16. The first kappa shape index (κ1) is 26.5. The van der Waals surface area contributed by atoms with Crippen molar-refractivity contribution in [2.45, 2.75) is 51.0 Å². The van der Waals surface area contributed by atoms with Crippen molar-refractivity contribution in [1.82, 2.24) is 10.6 Å². The van der Waals surface area contributed by atoms with Gasteiger partial charge < -0.3 is 20.5 Å². The highest BCUT2D eigenvalue weighted by Crippen LogP contribution is 2.41. The molecule has 1 saturated heterocycles. The average Bonchev–Trinajstić information content (AvgIpc) is 3.52. The molecule has 2 aromatic rings. The molecule has 2 fully saturated rings. The maximum absolute atomic E-state index is 13.5. The summed E-state index contributed by atoms with van der Waals surface area (Å²) in [5.41, 5.74) is 1.96. The van der Waals surface area contributed by atoms with Gasteiger partial charge in [-0.05, 0) is 61.1 Å². The highest BCUT2D eigenvalue weighted by Gasteiger charge is 2.45. The molecule has 3 aliphatic rings. The number of carbonyl (C=O) groups excluding carboxylic acids is 3. The molecule has 2 aromatic carbocycles. The normalized spacial score (nSPS) is 20.6. The summed E-state index contributed by atoms with van der Waals surface area (Å²) in [6.45, 7) is 0.643. The van der Waals surface area contributed by atoms with Crippen molar-refractivity contribution in [1.29, 1.82) is 0 Å². The Hall–Kier alpha value is -4.14. The summed E-state index contributed by atoms with van der Waals surface area (Å²) in [7, 11) is 1.60. The molecule has 2 heterocycles. The highest BCUT2D eigenvalue weighted by atomic mass is 16.5. The lowest BCUT2D eigenvalue weighted by molar-refractivity contribution is -0.143. The number of anilines is 1. The predicted octanol–water partition coefficient (Wildman–Crippen LogP) is 2.98. The minimum absolute atomic E-state index is 0.0829. The number of benzene rings is 2. The van der Waals surface area contributed by atoms with Gasteiger partial charge in [-0.2, -0.15) is 0 Å². The van der Waals surface area contributed by atoms with Gasteiger partial charge in [0.15, 0.2) is 0 Å². The number of hydrogen-bond donors (Lipinski definition) is 3. The molecule has 0 spiro atoms. The second-order valence-corrected chi connectivity index (χ2v) is 10.6. The van der Waals surface area contributed by atoms with Gasteiger partial charge in [0, 0.05) is 24.7 Å². The quantitative estimate of drug-likeness (QED) is 0.425. The number of aliphatic carboxylic acids is 1. The number of imide groups is 1. The number of ether oxygens (including phenoxy) is 1. The van der Waals surface area contributed by atoms with Crippen LogP contribution in [-0.4, -0.2) is 48.5 Å². The Morgan fingerprint density at radius 2 is 1.74 bits per heavy atom. The molecule has 0 bridgehead atoms. The summed E-state index contributed by atoms with van der Waals surface area (Å²) in [5, 5.41) is 15.8. The molecular weight excluding hydrogens is 498 g/mol. The number of amides is 3. The molecule has 5 rings (SSSR count). The van der Waals surface area contributed by atoms with Gasteiger partial charge in [-0.3, -0.25) is 14.4 Å². The zero-order valence-corrected chi connectivity index (χ0v) is 21.9. The van der Waals surface area contributed by atoms with Crippen LogP contribution in [0.3, 0.4) is 0 Å². The second-order valence-electron chi connectivity index (χ2n) is 10.6. The van der Waals surface area contributed by atoms with E-state index < -0.39 is 23.3 Å². The zero-order chi connectivity index (χ0) is 27.6. The molecule has 1 saturated carbocycles. The van der Waals surface area contributed by atoms with Crippen LogP contribution in [0.2, 0.25) is 0 Å². The van der Waals surface area contributed by atoms with Crippen LogP contribution in [0.4, 0.5) is 5.69 Å². The fourth-order valence-electron chi connectivity index (χ4n) is 5.96. The molecule has 9 heteroatoms. The van der Waals surface area contributed by atoms with Crippen molar-refractivity contribution in [2.24, 2.45) is 11.3 Å². The van der Waals surface area contributed by atoms with Crippen molar-refractivity contribution in [2.75, 3.05) is 18.6 Å². The average molecular weight is 532 g/mol. The number of fused-ring (bicyclic) bond motifs is 1. The van der Waals surface area contributed by atoms with Gasteiger partial charge in [0.1, 0.15) is 11.8 Å². The fraction of sp³-hybridized carbons (Fsp3) is 0.400. The van der Waals surface area contributed by atoms with E-state index >= 15 is 0 Å². The maximum Gasteiger partial charge on any atom is 0.326 e. The summed E-state index contributed by atoms with van der Waals surface area (Å²) in [4.78, 5) is 52.5. The first-order valence-electron chi connectivity index (χ1n) is 13.4. The first-order chi connectivity index (χ1) is 18.8. The van der Waals surface area contributed by atoms with E-state index in [4.69, 9.17) is 4.74 Å². The number of rotatable bonds is 9. The Kier molecular flexibility index (Phi) is 7.41. The van der Waals surface area contributed by atoms with E-state index in [1.807, 2.05) is 24.3 Å². The van der Waals surface area contributed by atoms with Crippen molar-refractivity contribution >= 4 is 29.4 Å². The Labute approximate surface area is 227 Å². The Balaban J connectivity index is 1.28. The van der Waals surface area contributed by atoms with E-state index in [-0.39, 0.29) is 24.1 Å². The van der Waals surface area contributed by atoms with Crippen molar-refractivity contribution in [3.8, 4) is 5.75 Å². The summed E-state index contributed by atoms with van der Waals surface area (Å²) >= 11 is 0. The van der Waals surface area contributed by atoms with Gasteiger partial charge in [0.2, 0.25) is 11.8 Å². The second kappa shape index (κ2) is 10.9. The molecule has 39 heavy (non-hydrogen) atoms. The van der Waals surface area contributed by atoms with Crippen LogP contribution in [0, 0.1) is 11.3 Å². The monoisotopic (exact) mass is 531 g/mol. The summed E-state index contributed by atoms with van der Waals surface area (Å²) in [6.07, 6.45) is 6.07. The van der Waals surface area contributed by atoms with E-state index in [0.29, 0.717) is 49.1 Å². The highest BCUT2D eigenvalue weighted by molar-refractivity contribution is 6.29. The van der Waals surface area contributed by atoms with E-state index in [1.165, 1.54) is 4.90 Å². The number of hydrogen-bond acceptors (Lipinski definition) is 6. The molecule has 204 valence electrons. The van der Waals surface area contributed by atoms with Crippen LogP contribution in [0.15, 0.2) is 60.3 Å². The van der Waals surface area contributed by atoms with Crippen molar-refractivity contribution in [3.05, 3.63) is 71.4 Å². The molecular formula is C30H33N3O6. The number of carbonyl (C=O) groups is 4. The van der Waals surface area contributed by atoms with Gasteiger partial charge in [0.25, 0.3) is 5.91 Å². The number of carboxylic acid groups (broad SMARTS) is 1. The van der Waals surface area contributed by atoms with Crippen LogP contribution in [0.1, 0.15) is 43.2 Å². The summed E-state index contributed by atoms with van der Waals surface area (Å²) in [5.74, 6) is -1.61. The van der Waals surface area contributed by atoms with Crippen LogP contribution < -0.4 is 20.3 Å². The molecule has 9 nitrogen and oxygen atoms in total. The van der Waals surface area contributed by atoms with Crippen molar-refractivity contribution in [3.63, 3.8) is 0 Å².